The summed E-state index contributed by atoms with van der Waals surface area (Å²) in [7, 11) is 0. The molecule has 0 N–H and O–H groups in total. The third kappa shape index (κ3) is 2.62. The molecule has 0 radical (unpaired) electrons. The summed E-state index contributed by atoms with van der Waals surface area (Å²) >= 11 is 0. The molecule has 0 spiro atoms. The number of rotatable bonds is 4. The summed E-state index contributed by atoms with van der Waals surface area (Å²) in [4.78, 5) is 7.01. The maximum absolute atomic E-state index is 4.48. The molecule has 0 saturated carbocycles. The van der Waals surface area contributed by atoms with Crippen molar-refractivity contribution >= 4 is 0 Å². The zero-order chi connectivity index (χ0) is 12.2. The van der Waals surface area contributed by atoms with Crippen molar-refractivity contribution in [3.63, 3.8) is 0 Å². The molecule has 1 saturated heterocycles. The van der Waals surface area contributed by atoms with Gasteiger partial charge in [-0.3, -0.25) is 0 Å². The van der Waals surface area contributed by atoms with Crippen LogP contribution in [0, 0.1) is 0 Å². The van der Waals surface area contributed by atoms with Crippen LogP contribution in [0.1, 0.15) is 12.8 Å². The van der Waals surface area contributed by atoms with Crippen molar-refractivity contribution in [2.75, 3.05) is 19.6 Å². The van der Waals surface area contributed by atoms with Crippen molar-refractivity contribution in [2.24, 2.45) is 0 Å². The fourth-order valence-electron chi connectivity index (χ4n) is 2.50. The van der Waals surface area contributed by atoms with E-state index in [0.717, 1.165) is 18.8 Å². The number of likely N-dealkylation sites (tertiary alicyclic amines) is 1. The zero-order valence-corrected chi connectivity index (χ0v) is 10.6. The molecule has 0 amide bonds. The van der Waals surface area contributed by atoms with Gasteiger partial charge in [0.15, 0.2) is 0 Å². The molecule has 3 nitrogen and oxygen atoms in total. The highest BCUT2D eigenvalue weighted by atomic mass is 15.2. The van der Waals surface area contributed by atoms with Crippen molar-refractivity contribution < 1.29 is 0 Å². The number of benzene rings is 1. The lowest BCUT2D eigenvalue weighted by molar-refractivity contribution is 0.322. The summed E-state index contributed by atoms with van der Waals surface area (Å²) in [6, 6.07) is 10.4. The van der Waals surface area contributed by atoms with E-state index in [4.69, 9.17) is 0 Å². The van der Waals surface area contributed by atoms with Crippen LogP contribution in [0.4, 0.5) is 0 Å². The van der Waals surface area contributed by atoms with Crippen molar-refractivity contribution in [2.45, 2.75) is 19.4 Å². The second-order valence-corrected chi connectivity index (χ2v) is 4.91. The zero-order valence-electron chi connectivity index (χ0n) is 10.6. The molecule has 3 heteroatoms. The van der Waals surface area contributed by atoms with Gasteiger partial charge in [0.05, 0.1) is 12.0 Å². The lowest BCUT2D eigenvalue weighted by Gasteiger charge is -2.14. The molecule has 18 heavy (non-hydrogen) atoms. The van der Waals surface area contributed by atoms with Crippen LogP contribution in [0.25, 0.3) is 11.3 Å². The third-order valence-electron chi connectivity index (χ3n) is 3.58. The van der Waals surface area contributed by atoms with Crippen LogP contribution < -0.4 is 0 Å². The van der Waals surface area contributed by atoms with Crippen LogP contribution >= 0.6 is 0 Å². The van der Waals surface area contributed by atoms with Crippen LogP contribution in [0.3, 0.4) is 0 Å². The van der Waals surface area contributed by atoms with E-state index in [9.17, 15) is 0 Å². The van der Waals surface area contributed by atoms with E-state index in [1.807, 2.05) is 12.4 Å². The highest BCUT2D eigenvalue weighted by Gasteiger charge is 2.10. The Morgan fingerprint density at radius 1 is 1.00 bits per heavy atom. The minimum absolute atomic E-state index is 1.04. The number of nitrogens with zero attached hydrogens (tertiary/aromatic N) is 3. The molecule has 0 bridgehead atoms. The quantitative estimate of drug-likeness (QED) is 0.820. The predicted octanol–water partition coefficient (Wildman–Crippen LogP) is 2.65. The molecule has 1 aliphatic heterocycles. The molecule has 1 fully saturated rings. The van der Waals surface area contributed by atoms with Crippen LogP contribution in [-0.4, -0.2) is 34.1 Å². The Kier molecular flexibility index (Phi) is 3.42. The summed E-state index contributed by atoms with van der Waals surface area (Å²) in [5, 5.41) is 0. The standard InChI is InChI=1S/C15H19N3/c1-2-6-14(7-3-1)15-12-18(13-16-15)11-10-17-8-4-5-9-17/h1-3,6-7,12-13H,4-5,8-11H2. The number of hydrogen-bond donors (Lipinski definition) is 0. The fourth-order valence-corrected chi connectivity index (χ4v) is 2.50. The fraction of sp³-hybridized carbons (Fsp3) is 0.400. The molecule has 2 aromatic rings. The SMILES string of the molecule is c1ccc(-c2cn(CCN3CCCC3)cn2)cc1. The van der Waals surface area contributed by atoms with E-state index in [1.165, 1.54) is 31.5 Å². The molecule has 2 heterocycles. The Morgan fingerprint density at radius 3 is 2.56 bits per heavy atom. The van der Waals surface area contributed by atoms with Crippen LogP contribution in [-0.2, 0) is 6.54 Å². The van der Waals surface area contributed by atoms with Gasteiger partial charge in [-0.05, 0) is 25.9 Å². The van der Waals surface area contributed by atoms with Crippen molar-refractivity contribution in [1.82, 2.24) is 14.5 Å². The maximum Gasteiger partial charge on any atom is 0.0954 e. The molecular formula is C15H19N3. The van der Waals surface area contributed by atoms with Crippen LogP contribution in [0.15, 0.2) is 42.9 Å². The lowest BCUT2D eigenvalue weighted by atomic mass is 10.2. The number of imidazole rings is 1. The normalized spacial score (nSPS) is 16.2. The highest BCUT2D eigenvalue weighted by Crippen LogP contribution is 2.16. The lowest BCUT2D eigenvalue weighted by Crippen LogP contribution is -2.23. The minimum Gasteiger partial charge on any atom is -0.336 e. The van der Waals surface area contributed by atoms with E-state index in [1.54, 1.807) is 0 Å². The number of aromatic nitrogens is 2. The van der Waals surface area contributed by atoms with Gasteiger partial charge in [0.2, 0.25) is 0 Å². The van der Waals surface area contributed by atoms with Gasteiger partial charge < -0.3 is 9.47 Å². The second kappa shape index (κ2) is 5.36. The highest BCUT2D eigenvalue weighted by molar-refractivity contribution is 5.57. The average Bonchev–Trinajstić information content (AvgIpc) is 3.09. The Hall–Kier alpha value is -1.61. The molecule has 0 aliphatic carbocycles. The van der Waals surface area contributed by atoms with Crippen molar-refractivity contribution in [3.05, 3.63) is 42.9 Å². The largest absolute Gasteiger partial charge is 0.336 e. The first-order valence-electron chi connectivity index (χ1n) is 6.71. The molecule has 0 atom stereocenters. The van der Waals surface area contributed by atoms with Gasteiger partial charge in [0.25, 0.3) is 0 Å². The monoisotopic (exact) mass is 241 g/mol. The molecule has 0 unspecified atom stereocenters. The summed E-state index contributed by atoms with van der Waals surface area (Å²) in [5.74, 6) is 0. The Bertz CT molecular complexity index is 483. The smallest absolute Gasteiger partial charge is 0.0954 e. The topological polar surface area (TPSA) is 21.1 Å². The second-order valence-electron chi connectivity index (χ2n) is 4.91. The third-order valence-corrected chi connectivity index (χ3v) is 3.58. The van der Waals surface area contributed by atoms with Gasteiger partial charge in [-0.25, -0.2) is 4.98 Å². The van der Waals surface area contributed by atoms with Gasteiger partial charge >= 0.3 is 0 Å². The van der Waals surface area contributed by atoms with E-state index < -0.39 is 0 Å². The van der Waals surface area contributed by atoms with E-state index >= 15 is 0 Å². The van der Waals surface area contributed by atoms with Gasteiger partial charge in [-0.15, -0.1) is 0 Å². The summed E-state index contributed by atoms with van der Waals surface area (Å²) < 4.78 is 2.20. The molecule has 1 aromatic heterocycles. The summed E-state index contributed by atoms with van der Waals surface area (Å²) in [5.41, 5.74) is 2.26. The Labute approximate surface area is 108 Å². The van der Waals surface area contributed by atoms with E-state index in [2.05, 4.69) is 44.9 Å². The summed E-state index contributed by atoms with van der Waals surface area (Å²) in [6.45, 7) is 4.71. The number of hydrogen-bond acceptors (Lipinski definition) is 2. The van der Waals surface area contributed by atoms with Crippen molar-refractivity contribution in [3.8, 4) is 11.3 Å². The molecule has 3 rings (SSSR count). The predicted molar refractivity (Wildman–Crippen MR) is 73.3 cm³/mol. The molecule has 94 valence electrons. The van der Waals surface area contributed by atoms with Crippen LogP contribution in [0.2, 0.25) is 0 Å². The van der Waals surface area contributed by atoms with Crippen LogP contribution in [0.5, 0.6) is 0 Å². The molecular weight excluding hydrogens is 222 g/mol. The minimum atomic E-state index is 1.04. The first kappa shape index (κ1) is 11.5. The average molecular weight is 241 g/mol. The van der Waals surface area contributed by atoms with Crippen molar-refractivity contribution in [1.29, 1.82) is 0 Å². The van der Waals surface area contributed by atoms with Gasteiger partial charge in [-0.1, -0.05) is 30.3 Å². The van der Waals surface area contributed by atoms with E-state index in [-0.39, 0.29) is 0 Å². The van der Waals surface area contributed by atoms with E-state index in [0.29, 0.717) is 0 Å². The first-order valence-corrected chi connectivity index (χ1v) is 6.71. The van der Waals surface area contributed by atoms with Gasteiger partial charge in [0, 0.05) is 24.8 Å². The summed E-state index contributed by atoms with van der Waals surface area (Å²) in [6.07, 6.45) is 6.81. The molecule has 1 aliphatic rings. The Balaban J connectivity index is 1.63. The first-order chi connectivity index (χ1) is 8.92. The maximum atomic E-state index is 4.48. The Morgan fingerprint density at radius 2 is 1.78 bits per heavy atom. The van der Waals surface area contributed by atoms with Gasteiger partial charge in [-0.2, -0.15) is 0 Å². The van der Waals surface area contributed by atoms with Gasteiger partial charge in [0.1, 0.15) is 0 Å². The molecule has 1 aromatic carbocycles.